The first-order valence-corrected chi connectivity index (χ1v) is 9.53. The van der Waals surface area contributed by atoms with E-state index >= 15 is 0 Å². The Hall–Kier alpha value is -1.85. The Morgan fingerprint density at radius 3 is 2.65 bits per heavy atom. The van der Waals surface area contributed by atoms with Gasteiger partial charge in [-0.3, -0.25) is 9.89 Å². The zero-order valence-electron chi connectivity index (χ0n) is 15.3. The van der Waals surface area contributed by atoms with E-state index in [4.69, 9.17) is 16.3 Å². The molecule has 0 radical (unpaired) electrons. The van der Waals surface area contributed by atoms with E-state index in [1.54, 1.807) is 0 Å². The SMILES string of the molecule is CC(C)Cc1cc(C(=O)NCC2(c3ccc(Cl)cc3)CCOCC2)n[nH]1. The van der Waals surface area contributed by atoms with Crippen LogP contribution in [0.1, 0.15) is 48.4 Å². The van der Waals surface area contributed by atoms with Crippen LogP contribution in [0.2, 0.25) is 5.02 Å². The normalized spacial score (nSPS) is 16.6. The maximum absolute atomic E-state index is 12.6. The van der Waals surface area contributed by atoms with Crippen LogP contribution in [-0.4, -0.2) is 35.9 Å². The molecule has 140 valence electrons. The Kier molecular flexibility index (Phi) is 5.99. The highest BCUT2D eigenvalue weighted by Gasteiger charge is 2.35. The Bertz CT molecular complexity index is 734. The van der Waals surface area contributed by atoms with Crippen LogP contribution in [0.5, 0.6) is 0 Å². The Balaban J connectivity index is 1.70. The maximum atomic E-state index is 12.6. The monoisotopic (exact) mass is 375 g/mol. The number of halogens is 1. The van der Waals surface area contributed by atoms with Gasteiger partial charge < -0.3 is 10.1 Å². The highest BCUT2D eigenvalue weighted by molar-refractivity contribution is 6.30. The lowest BCUT2D eigenvalue weighted by atomic mass is 9.74. The van der Waals surface area contributed by atoms with Gasteiger partial charge in [0.05, 0.1) is 0 Å². The minimum absolute atomic E-state index is 0.129. The molecule has 1 aliphatic rings. The predicted molar refractivity (Wildman–Crippen MR) is 103 cm³/mol. The third-order valence-electron chi connectivity index (χ3n) is 4.99. The van der Waals surface area contributed by atoms with Gasteiger partial charge in [0.2, 0.25) is 0 Å². The molecule has 0 spiro atoms. The molecule has 6 heteroatoms. The number of hydrogen-bond acceptors (Lipinski definition) is 3. The zero-order valence-corrected chi connectivity index (χ0v) is 16.1. The largest absolute Gasteiger partial charge is 0.381 e. The fraction of sp³-hybridized carbons (Fsp3) is 0.500. The summed E-state index contributed by atoms with van der Waals surface area (Å²) in [6.45, 7) is 6.23. The second kappa shape index (κ2) is 8.23. The average Bonchev–Trinajstić information content (AvgIpc) is 3.09. The second-order valence-corrected chi connectivity index (χ2v) is 7.90. The van der Waals surface area contributed by atoms with Crippen LogP contribution in [0.4, 0.5) is 0 Å². The molecule has 1 saturated heterocycles. The van der Waals surface area contributed by atoms with Crippen molar-refractivity contribution < 1.29 is 9.53 Å². The lowest BCUT2D eigenvalue weighted by Gasteiger charge is -2.38. The summed E-state index contributed by atoms with van der Waals surface area (Å²) in [5.74, 6) is 0.373. The van der Waals surface area contributed by atoms with E-state index in [0.717, 1.165) is 25.0 Å². The van der Waals surface area contributed by atoms with E-state index in [1.807, 2.05) is 18.2 Å². The van der Waals surface area contributed by atoms with Gasteiger partial charge in [0.1, 0.15) is 5.69 Å². The third kappa shape index (κ3) is 4.46. The Labute approximate surface area is 159 Å². The van der Waals surface area contributed by atoms with E-state index in [9.17, 15) is 4.79 Å². The predicted octanol–water partition coefficient (Wildman–Crippen LogP) is 3.74. The number of carbonyl (C=O) groups is 1. The summed E-state index contributed by atoms with van der Waals surface area (Å²) in [6, 6.07) is 9.75. The van der Waals surface area contributed by atoms with E-state index < -0.39 is 0 Å². The summed E-state index contributed by atoms with van der Waals surface area (Å²) in [7, 11) is 0. The zero-order chi connectivity index (χ0) is 18.6. The molecule has 1 aliphatic heterocycles. The molecule has 1 amide bonds. The summed E-state index contributed by atoms with van der Waals surface area (Å²) in [4.78, 5) is 12.6. The molecule has 0 aliphatic carbocycles. The first-order valence-electron chi connectivity index (χ1n) is 9.15. The third-order valence-corrected chi connectivity index (χ3v) is 5.24. The molecule has 0 saturated carbocycles. The van der Waals surface area contributed by atoms with Crippen molar-refractivity contribution in [3.05, 3.63) is 52.3 Å². The molecule has 26 heavy (non-hydrogen) atoms. The quantitative estimate of drug-likeness (QED) is 0.808. The van der Waals surface area contributed by atoms with Crippen LogP contribution in [-0.2, 0) is 16.6 Å². The Morgan fingerprint density at radius 2 is 2.00 bits per heavy atom. The fourth-order valence-electron chi connectivity index (χ4n) is 3.50. The first kappa shape index (κ1) is 18.9. The fourth-order valence-corrected chi connectivity index (χ4v) is 3.62. The lowest BCUT2D eigenvalue weighted by Crippen LogP contribution is -2.44. The summed E-state index contributed by atoms with van der Waals surface area (Å²) >= 11 is 6.04. The van der Waals surface area contributed by atoms with Gasteiger partial charge in [0, 0.05) is 35.9 Å². The molecule has 1 aromatic heterocycles. The number of nitrogens with zero attached hydrogens (tertiary/aromatic N) is 1. The standard InChI is InChI=1S/C20H26ClN3O2/c1-14(2)11-17-12-18(24-23-17)19(25)22-13-20(7-9-26-10-8-20)15-3-5-16(21)6-4-15/h3-6,12,14H,7-11,13H2,1-2H3,(H,22,25)(H,23,24). The topological polar surface area (TPSA) is 67.0 Å². The van der Waals surface area contributed by atoms with Crippen molar-refractivity contribution >= 4 is 17.5 Å². The van der Waals surface area contributed by atoms with Gasteiger partial charge in [-0.05, 0) is 48.9 Å². The molecule has 2 N–H and O–H groups in total. The van der Waals surface area contributed by atoms with Crippen LogP contribution in [0.15, 0.2) is 30.3 Å². The van der Waals surface area contributed by atoms with Gasteiger partial charge in [-0.25, -0.2) is 0 Å². The van der Waals surface area contributed by atoms with Crippen LogP contribution < -0.4 is 5.32 Å². The summed E-state index contributed by atoms with van der Waals surface area (Å²) < 4.78 is 5.55. The van der Waals surface area contributed by atoms with Gasteiger partial charge in [0.15, 0.2) is 0 Å². The molecule has 5 nitrogen and oxygen atoms in total. The maximum Gasteiger partial charge on any atom is 0.271 e. The molecule has 0 bridgehead atoms. The van der Waals surface area contributed by atoms with Crippen LogP contribution >= 0.6 is 11.6 Å². The molecule has 1 aromatic carbocycles. The van der Waals surface area contributed by atoms with Crippen molar-refractivity contribution in [1.82, 2.24) is 15.5 Å². The molecular weight excluding hydrogens is 350 g/mol. The number of aromatic nitrogens is 2. The number of hydrogen-bond donors (Lipinski definition) is 2. The second-order valence-electron chi connectivity index (χ2n) is 7.46. The molecule has 3 rings (SSSR count). The van der Waals surface area contributed by atoms with E-state index in [-0.39, 0.29) is 11.3 Å². The van der Waals surface area contributed by atoms with Crippen LogP contribution in [0, 0.1) is 5.92 Å². The van der Waals surface area contributed by atoms with E-state index in [0.29, 0.717) is 36.4 Å². The minimum atomic E-state index is -0.143. The summed E-state index contributed by atoms with van der Waals surface area (Å²) in [6.07, 6.45) is 2.62. The molecule has 2 aromatic rings. The lowest BCUT2D eigenvalue weighted by molar-refractivity contribution is 0.0486. The Morgan fingerprint density at radius 1 is 1.31 bits per heavy atom. The highest BCUT2D eigenvalue weighted by Crippen LogP contribution is 2.35. The van der Waals surface area contributed by atoms with Gasteiger partial charge in [-0.2, -0.15) is 5.10 Å². The number of carbonyl (C=O) groups excluding carboxylic acids is 1. The van der Waals surface area contributed by atoms with Crippen LogP contribution in [0.3, 0.4) is 0 Å². The highest BCUT2D eigenvalue weighted by atomic mass is 35.5. The molecule has 0 atom stereocenters. The number of ether oxygens (including phenoxy) is 1. The van der Waals surface area contributed by atoms with Gasteiger partial charge in [-0.15, -0.1) is 0 Å². The number of H-pyrrole nitrogens is 1. The smallest absolute Gasteiger partial charge is 0.271 e. The van der Waals surface area contributed by atoms with E-state index in [2.05, 4.69) is 41.5 Å². The molecule has 1 fully saturated rings. The van der Waals surface area contributed by atoms with Gasteiger partial charge in [0.25, 0.3) is 5.91 Å². The van der Waals surface area contributed by atoms with E-state index in [1.165, 1.54) is 5.56 Å². The van der Waals surface area contributed by atoms with Crippen molar-refractivity contribution in [2.75, 3.05) is 19.8 Å². The first-order chi connectivity index (χ1) is 12.5. The molecular formula is C20H26ClN3O2. The number of nitrogens with one attached hydrogen (secondary N) is 2. The number of amides is 1. The molecule has 0 unspecified atom stereocenters. The number of rotatable bonds is 6. The number of aromatic amines is 1. The van der Waals surface area contributed by atoms with Crippen LogP contribution in [0.25, 0.3) is 0 Å². The average molecular weight is 376 g/mol. The van der Waals surface area contributed by atoms with Gasteiger partial charge >= 0.3 is 0 Å². The van der Waals surface area contributed by atoms with Crippen molar-refractivity contribution in [3.63, 3.8) is 0 Å². The molecule has 2 heterocycles. The van der Waals surface area contributed by atoms with Gasteiger partial charge in [-0.1, -0.05) is 37.6 Å². The number of benzene rings is 1. The summed E-state index contributed by atoms with van der Waals surface area (Å²) in [5.41, 5.74) is 2.49. The van der Waals surface area contributed by atoms with Crippen molar-refractivity contribution in [2.45, 2.75) is 38.5 Å². The minimum Gasteiger partial charge on any atom is -0.381 e. The van der Waals surface area contributed by atoms with Crippen molar-refractivity contribution in [1.29, 1.82) is 0 Å². The summed E-state index contributed by atoms with van der Waals surface area (Å²) in [5, 5.41) is 10.9. The van der Waals surface area contributed by atoms with Crippen molar-refractivity contribution in [3.8, 4) is 0 Å². The van der Waals surface area contributed by atoms with Crippen molar-refractivity contribution in [2.24, 2.45) is 5.92 Å².